The zero-order valence-corrected chi connectivity index (χ0v) is 23.2. The van der Waals surface area contributed by atoms with Crippen molar-refractivity contribution in [1.29, 1.82) is 0 Å². The molecule has 2 N–H and O–H groups in total. The van der Waals surface area contributed by atoms with Gasteiger partial charge in [0.2, 0.25) is 0 Å². The minimum absolute atomic E-state index is 0.0649. The predicted octanol–water partition coefficient (Wildman–Crippen LogP) is 5.03. The van der Waals surface area contributed by atoms with Gasteiger partial charge >= 0.3 is 0 Å². The summed E-state index contributed by atoms with van der Waals surface area (Å²) in [5.41, 5.74) is 3.91. The molecule has 2 heterocycles. The number of nitro groups is 1. The summed E-state index contributed by atoms with van der Waals surface area (Å²) in [7, 11) is 0. The number of nitro benzene ring substituents is 1. The summed E-state index contributed by atoms with van der Waals surface area (Å²) in [5, 5.41) is 17.6. The average Bonchev–Trinajstić information content (AvgIpc) is 2.98. The molecule has 40 heavy (non-hydrogen) atoms. The van der Waals surface area contributed by atoms with E-state index in [1.807, 2.05) is 35.2 Å². The summed E-state index contributed by atoms with van der Waals surface area (Å²) in [5.74, 6) is -0.490. The van der Waals surface area contributed by atoms with Crippen LogP contribution in [-0.4, -0.2) is 60.1 Å². The van der Waals surface area contributed by atoms with E-state index in [2.05, 4.69) is 44.7 Å². The Kier molecular flexibility index (Phi) is 8.87. The normalized spacial score (nSPS) is 15.9. The Bertz CT molecular complexity index is 1340. The fourth-order valence-electron chi connectivity index (χ4n) is 5.31. The second-order valence-corrected chi connectivity index (χ2v) is 10.6. The van der Waals surface area contributed by atoms with Crippen molar-refractivity contribution in [3.63, 3.8) is 0 Å². The van der Waals surface area contributed by atoms with Crippen LogP contribution in [0.15, 0.2) is 72.8 Å². The SMILES string of the molecule is O=C(NC(=S)Nc1ccc(N2CCN(Cc3ccccc3)CC2)cc1)c1ccc(N2CCCCC2)c([N+](=O)[O-])c1. The minimum Gasteiger partial charge on any atom is -0.369 e. The van der Waals surface area contributed by atoms with E-state index >= 15 is 0 Å². The molecule has 2 saturated heterocycles. The van der Waals surface area contributed by atoms with E-state index < -0.39 is 10.8 Å². The largest absolute Gasteiger partial charge is 0.369 e. The van der Waals surface area contributed by atoms with E-state index in [-0.39, 0.29) is 16.4 Å². The number of piperazine rings is 1. The molecule has 0 bridgehead atoms. The molecule has 208 valence electrons. The van der Waals surface area contributed by atoms with Gasteiger partial charge in [0, 0.05) is 68.8 Å². The van der Waals surface area contributed by atoms with Crippen molar-refractivity contribution in [2.45, 2.75) is 25.8 Å². The summed E-state index contributed by atoms with van der Waals surface area (Å²) >= 11 is 5.35. The van der Waals surface area contributed by atoms with Crippen molar-refractivity contribution < 1.29 is 9.72 Å². The van der Waals surface area contributed by atoms with Crippen molar-refractivity contribution in [1.82, 2.24) is 10.2 Å². The second kappa shape index (κ2) is 12.9. The lowest BCUT2D eigenvalue weighted by Gasteiger charge is -2.36. The zero-order chi connectivity index (χ0) is 27.9. The van der Waals surface area contributed by atoms with Crippen molar-refractivity contribution in [2.24, 2.45) is 0 Å². The Morgan fingerprint density at radius 1 is 0.850 bits per heavy atom. The molecule has 0 atom stereocenters. The highest BCUT2D eigenvalue weighted by Crippen LogP contribution is 2.31. The maximum atomic E-state index is 12.8. The number of nitrogens with one attached hydrogen (secondary N) is 2. The molecule has 0 aliphatic carbocycles. The fraction of sp³-hybridized carbons (Fsp3) is 0.333. The van der Waals surface area contributed by atoms with Gasteiger partial charge in [0.15, 0.2) is 5.11 Å². The highest BCUT2D eigenvalue weighted by atomic mass is 32.1. The number of rotatable bonds is 7. The highest BCUT2D eigenvalue weighted by molar-refractivity contribution is 7.80. The summed E-state index contributed by atoms with van der Waals surface area (Å²) in [6.07, 6.45) is 3.14. The zero-order valence-electron chi connectivity index (χ0n) is 22.4. The molecule has 0 saturated carbocycles. The fourth-order valence-corrected chi connectivity index (χ4v) is 5.52. The molecule has 10 heteroatoms. The smallest absolute Gasteiger partial charge is 0.293 e. The van der Waals surface area contributed by atoms with Gasteiger partial charge in [-0.15, -0.1) is 0 Å². The maximum Gasteiger partial charge on any atom is 0.293 e. The molecule has 1 amide bonds. The van der Waals surface area contributed by atoms with Crippen LogP contribution >= 0.6 is 12.2 Å². The van der Waals surface area contributed by atoms with Crippen LogP contribution in [0.25, 0.3) is 0 Å². The average molecular weight is 559 g/mol. The highest BCUT2D eigenvalue weighted by Gasteiger charge is 2.23. The van der Waals surface area contributed by atoms with Gasteiger partial charge in [-0.1, -0.05) is 30.3 Å². The number of anilines is 3. The van der Waals surface area contributed by atoms with Crippen LogP contribution in [0.1, 0.15) is 35.2 Å². The standard InChI is InChI=1S/C30H34N6O3S/c37-29(24-9-14-27(28(21-24)36(38)39)35-15-5-2-6-16-35)32-30(40)31-25-10-12-26(13-11-25)34-19-17-33(18-20-34)22-23-7-3-1-4-8-23/h1,3-4,7-14,21H,2,5-6,15-20,22H2,(H2,31,32,37,40). The molecular weight excluding hydrogens is 524 g/mol. The Balaban J connectivity index is 1.13. The predicted molar refractivity (Wildman–Crippen MR) is 163 cm³/mol. The first-order chi connectivity index (χ1) is 19.5. The lowest BCUT2D eigenvalue weighted by Crippen LogP contribution is -2.45. The van der Waals surface area contributed by atoms with Crippen LogP contribution in [0, 0.1) is 10.1 Å². The summed E-state index contributed by atoms with van der Waals surface area (Å²) in [6, 6.07) is 23.1. The van der Waals surface area contributed by atoms with Crippen LogP contribution in [0.5, 0.6) is 0 Å². The molecule has 0 unspecified atom stereocenters. The van der Waals surface area contributed by atoms with Gasteiger partial charge in [-0.05, 0) is 73.4 Å². The number of nitrogens with zero attached hydrogens (tertiary/aromatic N) is 4. The van der Waals surface area contributed by atoms with Crippen LogP contribution in [0.2, 0.25) is 0 Å². The molecule has 0 radical (unpaired) electrons. The number of piperidine rings is 1. The molecule has 2 aliphatic rings. The first-order valence-corrected chi connectivity index (χ1v) is 14.1. The van der Waals surface area contributed by atoms with Gasteiger partial charge in [0.05, 0.1) is 4.92 Å². The van der Waals surface area contributed by atoms with Crippen molar-refractivity contribution in [3.8, 4) is 0 Å². The number of carbonyl (C=O) groups excluding carboxylic acids is 1. The number of hydrogen-bond donors (Lipinski definition) is 2. The van der Waals surface area contributed by atoms with Crippen molar-refractivity contribution in [2.75, 3.05) is 54.4 Å². The number of benzene rings is 3. The number of thiocarbonyl (C=S) groups is 1. The summed E-state index contributed by atoms with van der Waals surface area (Å²) in [4.78, 5) is 31.0. The lowest BCUT2D eigenvalue weighted by molar-refractivity contribution is -0.384. The van der Waals surface area contributed by atoms with E-state index in [0.717, 1.165) is 76.5 Å². The first kappa shape index (κ1) is 27.5. The van der Waals surface area contributed by atoms with Crippen LogP contribution in [0.3, 0.4) is 0 Å². The van der Waals surface area contributed by atoms with E-state index in [1.54, 1.807) is 12.1 Å². The number of amides is 1. The molecule has 3 aromatic carbocycles. The molecular formula is C30H34N6O3S. The molecule has 9 nitrogen and oxygen atoms in total. The quantitative estimate of drug-likeness (QED) is 0.237. The second-order valence-electron chi connectivity index (χ2n) is 10.2. The Morgan fingerprint density at radius 2 is 1.55 bits per heavy atom. The third-order valence-electron chi connectivity index (χ3n) is 7.47. The van der Waals surface area contributed by atoms with Gasteiger partial charge in [0.25, 0.3) is 11.6 Å². The van der Waals surface area contributed by atoms with Gasteiger partial charge < -0.3 is 15.1 Å². The lowest BCUT2D eigenvalue weighted by atomic mass is 10.1. The molecule has 0 spiro atoms. The number of carbonyl (C=O) groups is 1. The van der Waals surface area contributed by atoms with Gasteiger partial charge in [-0.25, -0.2) is 0 Å². The van der Waals surface area contributed by atoms with Crippen molar-refractivity contribution >= 4 is 46.0 Å². The van der Waals surface area contributed by atoms with Gasteiger partial charge in [-0.3, -0.25) is 25.1 Å². The third kappa shape index (κ3) is 6.94. The molecule has 5 rings (SSSR count). The van der Waals surface area contributed by atoms with E-state index in [1.165, 1.54) is 11.6 Å². The Labute approximate surface area is 239 Å². The molecule has 2 fully saturated rings. The van der Waals surface area contributed by atoms with Crippen LogP contribution in [0.4, 0.5) is 22.7 Å². The van der Waals surface area contributed by atoms with E-state index in [9.17, 15) is 14.9 Å². The summed E-state index contributed by atoms with van der Waals surface area (Å²) < 4.78 is 0. The Hall–Kier alpha value is -4.02. The summed E-state index contributed by atoms with van der Waals surface area (Å²) in [6.45, 7) is 6.45. The maximum absolute atomic E-state index is 12.8. The van der Waals surface area contributed by atoms with Gasteiger partial charge in [0.1, 0.15) is 5.69 Å². The van der Waals surface area contributed by atoms with E-state index in [4.69, 9.17) is 12.2 Å². The first-order valence-electron chi connectivity index (χ1n) is 13.7. The number of hydrogen-bond acceptors (Lipinski definition) is 7. The minimum atomic E-state index is -0.490. The van der Waals surface area contributed by atoms with E-state index in [0.29, 0.717) is 5.69 Å². The van der Waals surface area contributed by atoms with Crippen LogP contribution in [-0.2, 0) is 6.54 Å². The monoisotopic (exact) mass is 558 g/mol. The molecule has 2 aliphatic heterocycles. The Morgan fingerprint density at radius 3 is 2.23 bits per heavy atom. The third-order valence-corrected chi connectivity index (χ3v) is 7.67. The van der Waals surface area contributed by atoms with Crippen LogP contribution < -0.4 is 20.4 Å². The molecule has 0 aromatic heterocycles. The van der Waals surface area contributed by atoms with Crippen molar-refractivity contribution in [3.05, 3.63) is 94.0 Å². The topological polar surface area (TPSA) is 94.0 Å². The van der Waals surface area contributed by atoms with Gasteiger partial charge in [-0.2, -0.15) is 0 Å². The molecule has 3 aromatic rings.